The van der Waals surface area contributed by atoms with Crippen LogP contribution in [0, 0.1) is 19.8 Å². The zero-order valence-electron chi connectivity index (χ0n) is 24.5. The number of nitrogens with zero attached hydrogens (tertiary/aromatic N) is 1. The van der Waals surface area contributed by atoms with Gasteiger partial charge in [0.1, 0.15) is 11.4 Å². The van der Waals surface area contributed by atoms with Crippen LogP contribution in [0.25, 0.3) is 0 Å². The molecule has 5 amide bonds. The van der Waals surface area contributed by atoms with Crippen molar-refractivity contribution in [3.63, 3.8) is 0 Å². The van der Waals surface area contributed by atoms with Crippen molar-refractivity contribution in [3.8, 4) is 5.75 Å². The van der Waals surface area contributed by atoms with Crippen molar-refractivity contribution in [1.29, 1.82) is 0 Å². The van der Waals surface area contributed by atoms with Crippen LogP contribution in [-0.2, 0) is 16.1 Å². The van der Waals surface area contributed by atoms with E-state index in [0.29, 0.717) is 49.2 Å². The van der Waals surface area contributed by atoms with E-state index in [-0.39, 0.29) is 23.9 Å². The van der Waals surface area contributed by atoms with Crippen LogP contribution in [0.4, 0.5) is 21.0 Å². The van der Waals surface area contributed by atoms with E-state index in [1.807, 2.05) is 36.9 Å². The van der Waals surface area contributed by atoms with Crippen LogP contribution in [0.3, 0.4) is 0 Å². The first-order chi connectivity index (χ1) is 19.3. The second kappa shape index (κ2) is 12.1. The number of hydrogen-bond acceptors (Lipinski definition) is 6. The zero-order chi connectivity index (χ0) is 29.9. The molecule has 2 aromatic carbocycles. The molecule has 2 aliphatic rings. The molecule has 0 unspecified atom stereocenters. The number of benzene rings is 2. The summed E-state index contributed by atoms with van der Waals surface area (Å²) in [6, 6.07) is 8.70. The van der Waals surface area contributed by atoms with Gasteiger partial charge in [0, 0.05) is 35.0 Å². The van der Waals surface area contributed by atoms with Gasteiger partial charge in [-0.2, -0.15) is 0 Å². The fourth-order valence-corrected chi connectivity index (χ4v) is 5.27. The highest BCUT2D eigenvalue weighted by atomic mass is 16.6. The standard InChI is InChI=1S/C30H39N5O6/c1-17-7-10-21(15-25(17)40-6)31-26(36)19-8-11-22(12-9-19)35-16-23-18(2)13-20(14-24(23)32-28(35)38)27(37)33-34-29(39)41-30(3,4)5/h7,10,13-15,19,22H,8-9,11-12,16H2,1-6H3,(H,31,36)(H,32,38)(H,33,37)(H,34,39). The van der Waals surface area contributed by atoms with Crippen LogP contribution in [-0.4, -0.2) is 47.6 Å². The third-order valence-electron chi connectivity index (χ3n) is 7.43. The molecule has 11 heteroatoms. The monoisotopic (exact) mass is 565 g/mol. The van der Waals surface area contributed by atoms with E-state index in [2.05, 4.69) is 21.5 Å². The molecule has 11 nitrogen and oxygen atoms in total. The molecule has 0 atom stereocenters. The number of hydrogen-bond donors (Lipinski definition) is 4. The smallest absolute Gasteiger partial charge is 0.426 e. The Morgan fingerprint density at radius 1 is 0.976 bits per heavy atom. The third-order valence-corrected chi connectivity index (χ3v) is 7.43. The summed E-state index contributed by atoms with van der Waals surface area (Å²) in [6.07, 6.45) is 2.02. The van der Waals surface area contributed by atoms with Gasteiger partial charge in [-0.15, -0.1) is 0 Å². The number of rotatable bonds is 5. The van der Waals surface area contributed by atoms with Gasteiger partial charge in [-0.1, -0.05) is 6.07 Å². The van der Waals surface area contributed by atoms with E-state index < -0.39 is 17.6 Å². The summed E-state index contributed by atoms with van der Waals surface area (Å²) in [6.45, 7) is 9.41. The molecule has 4 N–H and O–H groups in total. The van der Waals surface area contributed by atoms with E-state index in [1.54, 1.807) is 40.0 Å². The lowest BCUT2D eigenvalue weighted by atomic mass is 9.84. The fraction of sp³-hybridized carbons (Fsp3) is 0.467. The van der Waals surface area contributed by atoms with Gasteiger partial charge in [0.05, 0.1) is 13.7 Å². The molecular formula is C30H39N5O6. The lowest BCUT2D eigenvalue weighted by Gasteiger charge is -2.39. The molecule has 1 heterocycles. The Labute approximate surface area is 240 Å². The molecule has 1 saturated carbocycles. The highest BCUT2D eigenvalue weighted by Crippen LogP contribution is 2.35. The molecule has 41 heavy (non-hydrogen) atoms. The number of carbonyl (C=O) groups is 4. The Balaban J connectivity index is 1.34. The number of aryl methyl sites for hydroxylation is 2. The van der Waals surface area contributed by atoms with Crippen LogP contribution in [0.15, 0.2) is 30.3 Å². The van der Waals surface area contributed by atoms with E-state index in [4.69, 9.17) is 9.47 Å². The summed E-state index contributed by atoms with van der Waals surface area (Å²) in [5.74, 6) is 0.0453. The first kappa shape index (κ1) is 29.7. The number of ether oxygens (including phenoxy) is 2. The average Bonchev–Trinajstić information content (AvgIpc) is 2.91. The average molecular weight is 566 g/mol. The highest BCUT2D eigenvalue weighted by molar-refractivity contribution is 5.99. The van der Waals surface area contributed by atoms with Crippen LogP contribution < -0.4 is 26.2 Å². The van der Waals surface area contributed by atoms with Gasteiger partial charge >= 0.3 is 12.1 Å². The van der Waals surface area contributed by atoms with Crippen molar-refractivity contribution >= 4 is 35.3 Å². The number of methoxy groups -OCH3 is 1. The molecule has 0 radical (unpaired) electrons. The van der Waals surface area contributed by atoms with Crippen LogP contribution in [0.2, 0.25) is 0 Å². The minimum Gasteiger partial charge on any atom is -0.496 e. The summed E-state index contributed by atoms with van der Waals surface area (Å²) in [5, 5.41) is 5.93. The number of urea groups is 1. The summed E-state index contributed by atoms with van der Waals surface area (Å²) in [5.41, 5.74) is 8.21. The lowest BCUT2D eigenvalue weighted by Crippen LogP contribution is -2.47. The van der Waals surface area contributed by atoms with Crippen molar-refractivity contribution < 1.29 is 28.7 Å². The van der Waals surface area contributed by atoms with Gasteiger partial charge in [-0.05, 0) is 95.2 Å². The molecule has 220 valence electrons. The predicted octanol–water partition coefficient (Wildman–Crippen LogP) is 5.03. The van der Waals surface area contributed by atoms with Crippen molar-refractivity contribution in [2.75, 3.05) is 17.7 Å². The second-order valence-electron chi connectivity index (χ2n) is 11.6. The van der Waals surface area contributed by atoms with Gasteiger partial charge in [0.15, 0.2) is 0 Å². The molecular weight excluding hydrogens is 526 g/mol. The highest BCUT2D eigenvalue weighted by Gasteiger charge is 2.35. The summed E-state index contributed by atoms with van der Waals surface area (Å²) < 4.78 is 10.5. The Kier molecular flexibility index (Phi) is 8.74. The van der Waals surface area contributed by atoms with Crippen LogP contribution >= 0.6 is 0 Å². The number of fused-ring (bicyclic) bond motifs is 1. The Morgan fingerprint density at radius 2 is 1.68 bits per heavy atom. The van der Waals surface area contributed by atoms with Gasteiger partial charge in [0.2, 0.25) is 5.91 Å². The molecule has 0 spiro atoms. The molecule has 1 aliphatic carbocycles. The number of anilines is 2. The number of amides is 5. The minimum atomic E-state index is -0.771. The summed E-state index contributed by atoms with van der Waals surface area (Å²) >= 11 is 0. The van der Waals surface area contributed by atoms with Crippen molar-refractivity contribution in [1.82, 2.24) is 15.8 Å². The predicted molar refractivity (Wildman–Crippen MR) is 155 cm³/mol. The van der Waals surface area contributed by atoms with Crippen LogP contribution in [0.5, 0.6) is 5.75 Å². The van der Waals surface area contributed by atoms with E-state index in [0.717, 1.165) is 22.4 Å². The van der Waals surface area contributed by atoms with Gasteiger partial charge in [-0.25, -0.2) is 15.0 Å². The molecule has 1 fully saturated rings. The maximum Gasteiger partial charge on any atom is 0.426 e. The topological polar surface area (TPSA) is 138 Å². The zero-order valence-corrected chi connectivity index (χ0v) is 24.5. The molecule has 0 bridgehead atoms. The SMILES string of the molecule is COc1cc(NC(=O)C2CCC(N3Cc4c(C)cc(C(=O)NNC(=O)OC(C)(C)C)cc4NC3=O)CC2)ccc1C. The van der Waals surface area contributed by atoms with Crippen LogP contribution in [0.1, 0.15) is 73.5 Å². The Hall–Kier alpha value is -4.28. The molecule has 4 rings (SSSR count). The molecule has 0 saturated heterocycles. The largest absolute Gasteiger partial charge is 0.496 e. The first-order valence-electron chi connectivity index (χ1n) is 13.8. The molecule has 1 aliphatic heterocycles. The fourth-order valence-electron chi connectivity index (χ4n) is 5.27. The number of nitrogens with one attached hydrogen (secondary N) is 4. The van der Waals surface area contributed by atoms with Crippen molar-refractivity contribution in [2.24, 2.45) is 5.92 Å². The minimum absolute atomic E-state index is 0.00655. The molecule has 2 aromatic rings. The van der Waals surface area contributed by atoms with Crippen molar-refractivity contribution in [2.45, 2.75) is 78.5 Å². The normalized spacial score (nSPS) is 18.5. The quantitative estimate of drug-likeness (QED) is 0.376. The van der Waals surface area contributed by atoms with Crippen molar-refractivity contribution in [3.05, 3.63) is 52.6 Å². The Bertz CT molecular complexity index is 1340. The maximum atomic E-state index is 13.1. The lowest BCUT2D eigenvalue weighted by molar-refractivity contribution is -0.121. The molecule has 0 aromatic heterocycles. The van der Waals surface area contributed by atoms with E-state index >= 15 is 0 Å². The van der Waals surface area contributed by atoms with Gasteiger partial charge in [0.25, 0.3) is 5.91 Å². The number of carbonyl (C=O) groups excluding carboxylic acids is 4. The second-order valence-corrected chi connectivity index (χ2v) is 11.6. The van der Waals surface area contributed by atoms with Gasteiger partial charge in [-0.3, -0.25) is 15.0 Å². The van der Waals surface area contributed by atoms with E-state index in [1.165, 1.54) is 0 Å². The first-order valence-corrected chi connectivity index (χ1v) is 13.8. The summed E-state index contributed by atoms with van der Waals surface area (Å²) in [7, 11) is 1.61. The summed E-state index contributed by atoms with van der Waals surface area (Å²) in [4.78, 5) is 52.4. The van der Waals surface area contributed by atoms with Gasteiger partial charge < -0.3 is 25.0 Å². The van der Waals surface area contributed by atoms with E-state index in [9.17, 15) is 19.2 Å². The Morgan fingerprint density at radius 3 is 2.34 bits per heavy atom. The third kappa shape index (κ3) is 7.27. The number of hydrazine groups is 1. The maximum absolute atomic E-state index is 13.1.